The molecule has 1 heterocycles. The minimum Gasteiger partial charge on any atom is -0.497 e. The summed E-state index contributed by atoms with van der Waals surface area (Å²) in [5.74, 6) is 1.13. The molecular weight excluding hydrogens is 392 g/mol. The van der Waals surface area contributed by atoms with E-state index in [0.29, 0.717) is 31.0 Å². The third-order valence-electron chi connectivity index (χ3n) is 4.92. The van der Waals surface area contributed by atoms with Crippen LogP contribution in [0.25, 0.3) is 0 Å². The van der Waals surface area contributed by atoms with E-state index in [4.69, 9.17) is 9.47 Å². The molecule has 2 aromatic rings. The van der Waals surface area contributed by atoms with Crippen LogP contribution in [0.5, 0.6) is 11.5 Å². The molecule has 0 unspecified atom stereocenters. The highest BCUT2D eigenvalue weighted by Crippen LogP contribution is 2.21. The molecule has 0 aromatic heterocycles. The van der Waals surface area contributed by atoms with E-state index in [2.05, 4.69) is 0 Å². The number of ether oxygens (including phenoxy) is 2. The van der Waals surface area contributed by atoms with Gasteiger partial charge in [0, 0.05) is 26.2 Å². The van der Waals surface area contributed by atoms with Crippen LogP contribution in [-0.4, -0.2) is 62.9 Å². The van der Waals surface area contributed by atoms with E-state index in [1.54, 1.807) is 17.0 Å². The van der Waals surface area contributed by atoms with Gasteiger partial charge in [0.15, 0.2) is 6.10 Å². The van der Waals surface area contributed by atoms with Crippen LogP contribution < -0.4 is 9.47 Å². The van der Waals surface area contributed by atoms with Crippen molar-refractivity contribution in [3.8, 4) is 11.5 Å². The lowest BCUT2D eigenvalue weighted by molar-refractivity contribution is -0.140. The third-order valence-corrected chi connectivity index (χ3v) is 6.83. The summed E-state index contributed by atoms with van der Waals surface area (Å²) in [6.45, 7) is 3.07. The van der Waals surface area contributed by atoms with Crippen molar-refractivity contribution in [3.63, 3.8) is 0 Å². The number of amides is 1. The number of hydrogen-bond acceptors (Lipinski definition) is 5. The molecule has 2 aromatic carbocycles. The van der Waals surface area contributed by atoms with Crippen LogP contribution >= 0.6 is 0 Å². The smallest absolute Gasteiger partial charge is 0.263 e. The van der Waals surface area contributed by atoms with Gasteiger partial charge in [-0.15, -0.1) is 0 Å². The quantitative estimate of drug-likeness (QED) is 0.690. The maximum atomic E-state index is 12.9. The first kappa shape index (κ1) is 21.1. The van der Waals surface area contributed by atoms with E-state index in [9.17, 15) is 13.2 Å². The summed E-state index contributed by atoms with van der Waals surface area (Å²) in [6, 6.07) is 15.5. The molecule has 1 fully saturated rings. The Hall–Kier alpha value is -2.58. The van der Waals surface area contributed by atoms with Crippen LogP contribution in [0, 0.1) is 0 Å². The first-order valence-corrected chi connectivity index (χ1v) is 11.0. The normalized spacial score (nSPS) is 16.3. The average Bonchev–Trinajstić information content (AvgIpc) is 2.78. The first-order chi connectivity index (χ1) is 14.0. The van der Waals surface area contributed by atoms with Crippen LogP contribution in [0.4, 0.5) is 0 Å². The Morgan fingerprint density at radius 2 is 1.59 bits per heavy atom. The van der Waals surface area contributed by atoms with E-state index >= 15 is 0 Å². The molecule has 1 saturated heterocycles. The standard InChI is InChI=1S/C21H26N2O5S/c1-3-20(28-18-7-5-4-6-8-18)21(24)22-13-15-23(16-14-22)29(25,26)19-11-9-17(27-2)10-12-19/h4-12,20H,3,13-16H2,1-2H3/t20-/m0/s1. The predicted octanol–water partition coefficient (Wildman–Crippen LogP) is 2.39. The molecule has 1 amide bonds. The van der Waals surface area contributed by atoms with Crippen LogP contribution in [0.3, 0.4) is 0 Å². The molecule has 1 aliphatic heterocycles. The maximum Gasteiger partial charge on any atom is 0.263 e. The van der Waals surface area contributed by atoms with Crippen molar-refractivity contribution in [2.45, 2.75) is 24.3 Å². The number of rotatable bonds is 7. The zero-order chi connectivity index (χ0) is 20.9. The molecule has 1 atom stereocenters. The molecule has 7 nitrogen and oxygen atoms in total. The van der Waals surface area contributed by atoms with Crippen molar-refractivity contribution in [1.29, 1.82) is 0 Å². The fourth-order valence-corrected chi connectivity index (χ4v) is 4.64. The number of piperazine rings is 1. The molecule has 29 heavy (non-hydrogen) atoms. The summed E-state index contributed by atoms with van der Waals surface area (Å²) in [5, 5.41) is 0. The van der Waals surface area contributed by atoms with Crippen molar-refractivity contribution >= 4 is 15.9 Å². The lowest BCUT2D eigenvalue weighted by atomic mass is 10.2. The molecular formula is C21H26N2O5S. The number of carbonyl (C=O) groups excluding carboxylic acids is 1. The van der Waals surface area contributed by atoms with E-state index in [1.165, 1.54) is 23.5 Å². The van der Waals surface area contributed by atoms with Gasteiger partial charge in [-0.25, -0.2) is 8.42 Å². The third kappa shape index (κ3) is 4.89. The summed E-state index contributed by atoms with van der Waals surface area (Å²) in [7, 11) is -2.07. The Morgan fingerprint density at radius 1 is 0.966 bits per heavy atom. The van der Waals surface area contributed by atoms with Crippen molar-refractivity contribution in [1.82, 2.24) is 9.21 Å². The number of hydrogen-bond donors (Lipinski definition) is 0. The summed E-state index contributed by atoms with van der Waals surface area (Å²) >= 11 is 0. The number of sulfonamides is 1. The topological polar surface area (TPSA) is 76.2 Å². The number of para-hydroxylation sites is 1. The molecule has 0 saturated carbocycles. The summed E-state index contributed by atoms with van der Waals surface area (Å²) in [6.07, 6.45) is -0.0416. The number of methoxy groups -OCH3 is 1. The van der Waals surface area contributed by atoms with Crippen LogP contribution in [0.2, 0.25) is 0 Å². The minimum atomic E-state index is -3.60. The Bertz CT molecular complexity index is 908. The molecule has 0 radical (unpaired) electrons. The highest BCUT2D eigenvalue weighted by molar-refractivity contribution is 7.89. The van der Waals surface area contributed by atoms with Gasteiger partial charge in [0.1, 0.15) is 11.5 Å². The second kappa shape index (κ2) is 9.28. The highest BCUT2D eigenvalue weighted by Gasteiger charge is 2.32. The van der Waals surface area contributed by atoms with Gasteiger partial charge >= 0.3 is 0 Å². The lowest BCUT2D eigenvalue weighted by Crippen LogP contribution is -2.53. The fraction of sp³-hybridized carbons (Fsp3) is 0.381. The lowest BCUT2D eigenvalue weighted by Gasteiger charge is -2.35. The van der Waals surface area contributed by atoms with E-state index in [1.807, 2.05) is 37.3 Å². The van der Waals surface area contributed by atoms with Crippen molar-refractivity contribution < 1.29 is 22.7 Å². The zero-order valence-electron chi connectivity index (χ0n) is 16.7. The van der Waals surface area contributed by atoms with Gasteiger partial charge in [-0.05, 0) is 42.8 Å². The van der Waals surface area contributed by atoms with Gasteiger partial charge in [-0.1, -0.05) is 25.1 Å². The highest BCUT2D eigenvalue weighted by atomic mass is 32.2. The summed E-state index contributed by atoms with van der Waals surface area (Å²) < 4.78 is 38.0. The Balaban J connectivity index is 1.62. The van der Waals surface area contributed by atoms with Crippen LogP contribution in [0.1, 0.15) is 13.3 Å². The van der Waals surface area contributed by atoms with E-state index < -0.39 is 16.1 Å². The van der Waals surface area contributed by atoms with Crippen molar-refractivity contribution in [2.75, 3.05) is 33.3 Å². The van der Waals surface area contributed by atoms with Gasteiger partial charge in [-0.2, -0.15) is 4.31 Å². The largest absolute Gasteiger partial charge is 0.497 e. The average molecular weight is 419 g/mol. The minimum absolute atomic E-state index is 0.113. The second-order valence-corrected chi connectivity index (χ2v) is 8.67. The SMILES string of the molecule is CC[C@H](Oc1ccccc1)C(=O)N1CCN(S(=O)(=O)c2ccc(OC)cc2)CC1. The molecule has 3 rings (SSSR count). The molecule has 1 aliphatic rings. The second-order valence-electron chi connectivity index (χ2n) is 6.73. The molecule has 0 spiro atoms. The van der Waals surface area contributed by atoms with E-state index in [-0.39, 0.29) is 23.9 Å². The van der Waals surface area contributed by atoms with Crippen molar-refractivity contribution in [2.24, 2.45) is 0 Å². The van der Waals surface area contributed by atoms with Gasteiger partial charge in [-0.3, -0.25) is 4.79 Å². The first-order valence-electron chi connectivity index (χ1n) is 9.60. The van der Waals surface area contributed by atoms with E-state index in [0.717, 1.165) is 0 Å². The maximum absolute atomic E-state index is 12.9. The Morgan fingerprint density at radius 3 is 2.14 bits per heavy atom. The van der Waals surface area contributed by atoms with Gasteiger partial charge in [0.05, 0.1) is 12.0 Å². The summed E-state index contributed by atoms with van der Waals surface area (Å²) in [4.78, 5) is 14.7. The zero-order valence-corrected chi connectivity index (χ0v) is 17.5. The monoisotopic (exact) mass is 418 g/mol. The summed E-state index contributed by atoms with van der Waals surface area (Å²) in [5.41, 5.74) is 0. The fourth-order valence-electron chi connectivity index (χ4n) is 3.22. The van der Waals surface area contributed by atoms with Gasteiger partial charge in [0.25, 0.3) is 5.91 Å². The number of nitrogens with zero attached hydrogens (tertiary/aromatic N) is 2. The predicted molar refractivity (Wildman–Crippen MR) is 109 cm³/mol. The Kier molecular flexibility index (Phi) is 6.76. The molecule has 156 valence electrons. The molecule has 8 heteroatoms. The molecule has 0 aliphatic carbocycles. The van der Waals surface area contributed by atoms with Gasteiger partial charge < -0.3 is 14.4 Å². The van der Waals surface area contributed by atoms with Gasteiger partial charge in [0.2, 0.25) is 10.0 Å². The molecule has 0 bridgehead atoms. The Labute approximate surface area is 171 Å². The number of benzene rings is 2. The number of carbonyl (C=O) groups is 1. The van der Waals surface area contributed by atoms with Crippen molar-refractivity contribution in [3.05, 3.63) is 54.6 Å². The molecule has 0 N–H and O–H groups in total. The van der Waals surface area contributed by atoms with Crippen LogP contribution in [-0.2, 0) is 14.8 Å². The van der Waals surface area contributed by atoms with Crippen LogP contribution in [0.15, 0.2) is 59.5 Å².